The van der Waals surface area contributed by atoms with Crippen molar-refractivity contribution in [3.8, 4) is 0 Å². The lowest BCUT2D eigenvalue weighted by Gasteiger charge is -2.09. The highest BCUT2D eigenvalue weighted by Gasteiger charge is 2.06. The molecule has 0 atom stereocenters. The SMILES string of the molecule is Cc1c(CO)nnn1CCN(C)C. The van der Waals surface area contributed by atoms with E-state index in [9.17, 15) is 0 Å². The first-order valence-electron chi connectivity index (χ1n) is 4.29. The molecule has 0 fully saturated rings. The predicted octanol–water partition coefficient (Wildman–Crippen LogP) is -0.360. The Hall–Kier alpha value is -0.940. The third-order valence-electron chi connectivity index (χ3n) is 1.99. The fourth-order valence-electron chi connectivity index (χ4n) is 1.05. The van der Waals surface area contributed by atoms with Crippen molar-refractivity contribution in [2.24, 2.45) is 0 Å². The van der Waals surface area contributed by atoms with Crippen LogP contribution in [0, 0.1) is 6.92 Å². The summed E-state index contributed by atoms with van der Waals surface area (Å²) in [6.45, 7) is 3.62. The van der Waals surface area contributed by atoms with E-state index in [4.69, 9.17) is 5.11 Å². The van der Waals surface area contributed by atoms with Gasteiger partial charge in [-0.1, -0.05) is 5.21 Å². The molecule has 1 aromatic heterocycles. The van der Waals surface area contributed by atoms with Gasteiger partial charge in [-0.2, -0.15) is 0 Å². The van der Waals surface area contributed by atoms with E-state index in [0.717, 1.165) is 18.8 Å². The van der Waals surface area contributed by atoms with E-state index in [1.807, 2.05) is 25.7 Å². The molecule has 74 valence electrons. The number of aliphatic hydroxyl groups is 1. The van der Waals surface area contributed by atoms with Crippen LogP contribution < -0.4 is 0 Å². The summed E-state index contributed by atoms with van der Waals surface area (Å²) in [6, 6.07) is 0. The van der Waals surface area contributed by atoms with Crippen LogP contribution in [0.1, 0.15) is 11.4 Å². The third kappa shape index (κ3) is 2.50. The van der Waals surface area contributed by atoms with Crippen molar-refractivity contribution in [1.29, 1.82) is 0 Å². The maximum Gasteiger partial charge on any atom is 0.111 e. The molecule has 0 aliphatic rings. The van der Waals surface area contributed by atoms with Crippen LogP contribution in [0.25, 0.3) is 0 Å². The second kappa shape index (κ2) is 4.34. The first kappa shape index (κ1) is 10.1. The summed E-state index contributed by atoms with van der Waals surface area (Å²) in [5, 5.41) is 16.7. The molecular formula is C8H16N4O. The number of likely N-dealkylation sites (N-methyl/N-ethyl adjacent to an activating group) is 1. The van der Waals surface area contributed by atoms with E-state index < -0.39 is 0 Å². The van der Waals surface area contributed by atoms with Gasteiger partial charge >= 0.3 is 0 Å². The van der Waals surface area contributed by atoms with Crippen molar-refractivity contribution in [1.82, 2.24) is 19.9 Å². The predicted molar refractivity (Wildman–Crippen MR) is 49.2 cm³/mol. The van der Waals surface area contributed by atoms with Gasteiger partial charge in [-0.05, 0) is 21.0 Å². The van der Waals surface area contributed by atoms with E-state index in [1.54, 1.807) is 0 Å². The minimum absolute atomic E-state index is 0.0339. The first-order valence-corrected chi connectivity index (χ1v) is 4.29. The molecule has 1 heterocycles. The fourth-order valence-corrected chi connectivity index (χ4v) is 1.05. The lowest BCUT2D eigenvalue weighted by Crippen LogP contribution is -2.19. The van der Waals surface area contributed by atoms with Crippen LogP contribution in [-0.2, 0) is 13.2 Å². The van der Waals surface area contributed by atoms with Gasteiger partial charge in [0.05, 0.1) is 18.8 Å². The van der Waals surface area contributed by atoms with Crippen molar-refractivity contribution < 1.29 is 5.11 Å². The number of rotatable bonds is 4. The maximum atomic E-state index is 8.88. The Morgan fingerprint density at radius 2 is 2.15 bits per heavy atom. The highest BCUT2D eigenvalue weighted by atomic mass is 16.3. The maximum absolute atomic E-state index is 8.88. The number of nitrogens with zero attached hydrogens (tertiary/aromatic N) is 4. The molecule has 1 aromatic rings. The molecule has 0 bridgehead atoms. The summed E-state index contributed by atoms with van der Waals surface area (Å²) in [6.07, 6.45) is 0. The summed E-state index contributed by atoms with van der Waals surface area (Å²) in [5.74, 6) is 0. The van der Waals surface area contributed by atoms with E-state index in [0.29, 0.717) is 5.69 Å². The highest BCUT2D eigenvalue weighted by molar-refractivity contribution is 5.05. The van der Waals surface area contributed by atoms with Crippen LogP contribution in [-0.4, -0.2) is 45.6 Å². The number of aromatic nitrogens is 3. The zero-order chi connectivity index (χ0) is 9.84. The van der Waals surface area contributed by atoms with Crippen LogP contribution in [0.4, 0.5) is 0 Å². The second-order valence-corrected chi connectivity index (χ2v) is 3.31. The van der Waals surface area contributed by atoms with Gasteiger partial charge in [0.2, 0.25) is 0 Å². The average Bonchev–Trinajstić information content (AvgIpc) is 2.43. The largest absolute Gasteiger partial charge is 0.390 e. The summed E-state index contributed by atoms with van der Waals surface area (Å²) < 4.78 is 1.81. The van der Waals surface area contributed by atoms with Gasteiger partial charge in [0.15, 0.2) is 0 Å². The molecule has 0 aliphatic carbocycles. The molecular weight excluding hydrogens is 168 g/mol. The van der Waals surface area contributed by atoms with Crippen molar-refractivity contribution in [3.63, 3.8) is 0 Å². The summed E-state index contributed by atoms with van der Waals surface area (Å²) in [5.41, 5.74) is 1.61. The molecule has 0 unspecified atom stereocenters. The van der Waals surface area contributed by atoms with Crippen molar-refractivity contribution in [3.05, 3.63) is 11.4 Å². The van der Waals surface area contributed by atoms with Crippen LogP contribution in [0.3, 0.4) is 0 Å². The normalized spacial score (nSPS) is 11.2. The number of hydrogen-bond acceptors (Lipinski definition) is 4. The third-order valence-corrected chi connectivity index (χ3v) is 1.99. The zero-order valence-electron chi connectivity index (χ0n) is 8.36. The average molecular weight is 184 g/mol. The van der Waals surface area contributed by atoms with E-state index in [1.165, 1.54) is 0 Å². The molecule has 0 saturated heterocycles. The van der Waals surface area contributed by atoms with Gasteiger partial charge in [-0.3, -0.25) is 0 Å². The molecule has 0 amide bonds. The van der Waals surface area contributed by atoms with Crippen LogP contribution >= 0.6 is 0 Å². The molecule has 1 rings (SSSR count). The van der Waals surface area contributed by atoms with Gasteiger partial charge in [0, 0.05) is 6.54 Å². The number of hydrogen-bond donors (Lipinski definition) is 1. The Kier molecular flexibility index (Phi) is 3.39. The minimum Gasteiger partial charge on any atom is -0.390 e. The van der Waals surface area contributed by atoms with Gasteiger partial charge in [0.1, 0.15) is 5.69 Å². The quantitative estimate of drug-likeness (QED) is 0.694. The summed E-state index contributed by atoms with van der Waals surface area (Å²) in [7, 11) is 4.03. The highest BCUT2D eigenvalue weighted by Crippen LogP contribution is 2.02. The lowest BCUT2D eigenvalue weighted by molar-refractivity contribution is 0.276. The van der Waals surface area contributed by atoms with Crippen molar-refractivity contribution >= 4 is 0 Å². The van der Waals surface area contributed by atoms with Crippen LogP contribution in [0.5, 0.6) is 0 Å². The Morgan fingerprint density at radius 3 is 2.62 bits per heavy atom. The standard InChI is InChI=1S/C8H16N4O/c1-7-8(6-13)9-10-12(7)5-4-11(2)3/h13H,4-6H2,1-3H3. The molecule has 13 heavy (non-hydrogen) atoms. The second-order valence-electron chi connectivity index (χ2n) is 3.31. The molecule has 5 nitrogen and oxygen atoms in total. The molecule has 0 aromatic carbocycles. The summed E-state index contributed by atoms with van der Waals surface area (Å²) >= 11 is 0. The molecule has 0 spiro atoms. The topological polar surface area (TPSA) is 54.2 Å². The van der Waals surface area contributed by atoms with Gasteiger partial charge in [-0.25, -0.2) is 4.68 Å². The van der Waals surface area contributed by atoms with Crippen molar-refractivity contribution in [2.75, 3.05) is 20.6 Å². The van der Waals surface area contributed by atoms with Crippen LogP contribution in [0.15, 0.2) is 0 Å². The molecule has 1 N–H and O–H groups in total. The minimum atomic E-state index is -0.0339. The summed E-state index contributed by atoms with van der Waals surface area (Å²) in [4.78, 5) is 2.08. The van der Waals surface area contributed by atoms with Gasteiger partial charge in [-0.15, -0.1) is 5.10 Å². The van der Waals surface area contributed by atoms with E-state index in [2.05, 4.69) is 15.2 Å². The lowest BCUT2D eigenvalue weighted by atomic mass is 10.3. The molecule has 0 saturated carbocycles. The Balaban J connectivity index is 2.62. The monoisotopic (exact) mass is 184 g/mol. The molecule has 0 aliphatic heterocycles. The van der Waals surface area contributed by atoms with E-state index in [-0.39, 0.29) is 6.61 Å². The Morgan fingerprint density at radius 1 is 1.46 bits per heavy atom. The molecule has 0 radical (unpaired) electrons. The van der Waals surface area contributed by atoms with Crippen molar-refractivity contribution in [2.45, 2.75) is 20.1 Å². The molecule has 5 heteroatoms. The van der Waals surface area contributed by atoms with E-state index >= 15 is 0 Å². The Labute approximate surface area is 78.0 Å². The smallest absolute Gasteiger partial charge is 0.111 e. The Bertz CT molecular complexity index is 269. The zero-order valence-corrected chi connectivity index (χ0v) is 8.36. The number of aliphatic hydroxyl groups excluding tert-OH is 1. The van der Waals surface area contributed by atoms with Crippen LogP contribution in [0.2, 0.25) is 0 Å². The van der Waals surface area contributed by atoms with Gasteiger partial charge < -0.3 is 10.0 Å². The fraction of sp³-hybridized carbons (Fsp3) is 0.750. The first-order chi connectivity index (χ1) is 6.15. The van der Waals surface area contributed by atoms with Gasteiger partial charge in [0.25, 0.3) is 0 Å².